The standard InChI is InChI=1S/C18H11N3O4/c19-17(24)11-6-5-9-3-1-2-4-10(9)14(11)21-15-12(20-18(21)25)7-8-13(22)16(15)23/h1-8H,(H2,19,24)(H,20,25). The maximum atomic E-state index is 12.5. The van der Waals surface area contributed by atoms with Crippen molar-refractivity contribution in [2.75, 3.05) is 0 Å². The van der Waals surface area contributed by atoms with Crippen LogP contribution in [0.2, 0.25) is 0 Å². The number of aromatic nitrogens is 2. The van der Waals surface area contributed by atoms with E-state index in [1.807, 2.05) is 6.07 Å². The molecule has 0 aliphatic heterocycles. The Balaban J connectivity index is 2.19. The number of aromatic amines is 1. The predicted molar refractivity (Wildman–Crippen MR) is 90.8 cm³/mol. The average Bonchev–Trinajstić information content (AvgIpc) is 2.93. The zero-order valence-electron chi connectivity index (χ0n) is 12.8. The number of nitrogens with two attached hydrogens (primary N) is 1. The number of fused-ring (bicyclic) bond motifs is 2. The highest BCUT2D eigenvalue weighted by molar-refractivity contribution is 6.49. The normalized spacial score (nSPS) is 13.3. The molecule has 25 heavy (non-hydrogen) atoms. The fraction of sp³-hybridized carbons (Fsp3) is 0. The Bertz CT molecular complexity index is 1180. The van der Waals surface area contributed by atoms with Crippen LogP contribution in [-0.2, 0) is 4.79 Å². The second-order valence-electron chi connectivity index (χ2n) is 5.60. The van der Waals surface area contributed by atoms with E-state index in [1.165, 1.54) is 12.1 Å². The Morgan fingerprint density at radius 1 is 1.00 bits per heavy atom. The number of nitrogens with one attached hydrogen (secondary N) is 1. The number of imidazole rings is 1. The molecular formula is C18H11N3O4. The van der Waals surface area contributed by atoms with Crippen molar-refractivity contribution in [3.05, 3.63) is 69.9 Å². The number of nitrogens with zero attached hydrogens (tertiary/aromatic N) is 1. The number of hydrogen-bond acceptors (Lipinski definition) is 4. The third kappa shape index (κ3) is 2.06. The summed E-state index contributed by atoms with van der Waals surface area (Å²) in [6, 6.07) is 10.3. The number of amides is 1. The number of benzene rings is 2. The van der Waals surface area contributed by atoms with Crippen LogP contribution in [-0.4, -0.2) is 27.0 Å². The molecule has 0 spiro atoms. The highest BCUT2D eigenvalue weighted by atomic mass is 16.2. The molecule has 0 bridgehead atoms. The third-order valence-electron chi connectivity index (χ3n) is 4.15. The topological polar surface area (TPSA) is 115 Å². The van der Waals surface area contributed by atoms with Crippen LogP contribution in [0.25, 0.3) is 22.5 Å². The van der Waals surface area contributed by atoms with E-state index in [-0.39, 0.29) is 22.6 Å². The molecule has 3 aromatic rings. The van der Waals surface area contributed by atoms with Gasteiger partial charge in [0.1, 0.15) is 5.69 Å². The Morgan fingerprint density at radius 3 is 2.52 bits per heavy atom. The van der Waals surface area contributed by atoms with Crippen molar-refractivity contribution in [1.29, 1.82) is 0 Å². The van der Waals surface area contributed by atoms with Gasteiger partial charge in [0, 0.05) is 5.39 Å². The number of rotatable bonds is 2. The molecule has 2 aromatic carbocycles. The van der Waals surface area contributed by atoms with Gasteiger partial charge in [0.15, 0.2) is 0 Å². The molecule has 1 aliphatic rings. The van der Waals surface area contributed by atoms with E-state index in [0.29, 0.717) is 5.39 Å². The summed E-state index contributed by atoms with van der Waals surface area (Å²) < 4.78 is 1.06. The minimum atomic E-state index is -0.820. The quantitative estimate of drug-likeness (QED) is 0.685. The molecule has 3 N–H and O–H groups in total. The van der Waals surface area contributed by atoms with Crippen molar-refractivity contribution in [3.63, 3.8) is 0 Å². The van der Waals surface area contributed by atoms with Crippen molar-refractivity contribution < 1.29 is 14.4 Å². The Labute approximate surface area is 140 Å². The van der Waals surface area contributed by atoms with Crippen LogP contribution < -0.4 is 11.4 Å². The lowest BCUT2D eigenvalue weighted by atomic mass is 10.0. The van der Waals surface area contributed by atoms with Gasteiger partial charge in [-0.3, -0.25) is 19.0 Å². The fourth-order valence-corrected chi connectivity index (χ4v) is 3.06. The van der Waals surface area contributed by atoms with E-state index < -0.39 is 23.2 Å². The summed E-state index contributed by atoms with van der Waals surface area (Å²) in [7, 11) is 0. The van der Waals surface area contributed by atoms with Crippen molar-refractivity contribution in [3.8, 4) is 5.69 Å². The second kappa shape index (κ2) is 5.13. The SMILES string of the molecule is NC(=O)c1ccc2ccccc2c1-n1c2c([nH]c1=O)C=CC(=O)C2=O. The van der Waals surface area contributed by atoms with E-state index >= 15 is 0 Å². The molecule has 0 fully saturated rings. The van der Waals surface area contributed by atoms with Crippen LogP contribution in [0.15, 0.2) is 47.3 Å². The number of Topliss-reactive ketones (excluding diaryl/α,β-unsaturated/α-hetero) is 1. The van der Waals surface area contributed by atoms with Gasteiger partial charge >= 0.3 is 5.69 Å². The number of ketones is 2. The van der Waals surface area contributed by atoms with Gasteiger partial charge in [-0.15, -0.1) is 0 Å². The maximum absolute atomic E-state index is 12.5. The van der Waals surface area contributed by atoms with E-state index in [0.717, 1.165) is 16.0 Å². The van der Waals surface area contributed by atoms with Gasteiger partial charge in [-0.1, -0.05) is 30.3 Å². The van der Waals surface area contributed by atoms with Crippen LogP contribution in [0.4, 0.5) is 0 Å². The third-order valence-corrected chi connectivity index (χ3v) is 4.15. The van der Waals surface area contributed by atoms with Gasteiger partial charge in [0.05, 0.1) is 16.9 Å². The number of primary amides is 1. The molecule has 122 valence electrons. The summed E-state index contributed by atoms with van der Waals surface area (Å²) in [5, 5.41) is 1.33. The van der Waals surface area contributed by atoms with Gasteiger partial charge in [0.2, 0.25) is 5.78 Å². The molecule has 7 heteroatoms. The number of H-pyrrole nitrogens is 1. The lowest BCUT2D eigenvalue weighted by molar-refractivity contribution is -0.111. The molecule has 1 aromatic heterocycles. The summed E-state index contributed by atoms with van der Waals surface area (Å²) >= 11 is 0. The predicted octanol–water partition coefficient (Wildman–Crippen LogP) is 1.20. The van der Waals surface area contributed by atoms with Gasteiger partial charge in [-0.2, -0.15) is 0 Å². The molecule has 0 unspecified atom stereocenters. The summed E-state index contributed by atoms with van der Waals surface area (Å²) in [4.78, 5) is 51.1. The molecule has 1 aliphatic carbocycles. The van der Waals surface area contributed by atoms with E-state index in [2.05, 4.69) is 4.98 Å². The fourth-order valence-electron chi connectivity index (χ4n) is 3.06. The minimum absolute atomic E-state index is 0.0809. The molecular weight excluding hydrogens is 322 g/mol. The van der Waals surface area contributed by atoms with Gasteiger partial charge < -0.3 is 10.7 Å². The molecule has 4 rings (SSSR count). The lowest BCUT2D eigenvalue weighted by Gasteiger charge is -2.14. The summed E-state index contributed by atoms with van der Waals surface area (Å²) in [6.07, 6.45) is 2.47. The van der Waals surface area contributed by atoms with Crippen molar-refractivity contribution >= 4 is 34.3 Å². The number of carbonyl (C=O) groups excluding carboxylic acids is 3. The van der Waals surface area contributed by atoms with Gasteiger partial charge in [-0.25, -0.2) is 4.79 Å². The Kier molecular flexibility index (Phi) is 3.04. The highest BCUT2D eigenvalue weighted by Crippen LogP contribution is 2.28. The summed E-state index contributed by atoms with van der Waals surface area (Å²) in [5.74, 6) is -2.30. The zero-order valence-corrected chi connectivity index (χ0v) is 12.8. The van der Waals surface area contributed by atoms with Gasteiger partial charge in [0.25, 0.3) is 11.7 Å². The Hall–Kier alpha value is -3.74. The molecule has 0 atom stereocenters. The maximum Gasteiger partial charge on any atom is 0.331 e. The van der Waals surface area contributed by atoms with Crippen LogP contribution in [0, 0.1) is 0 Å². The summed E-state index contributed by atoms with van der Waals surface area (Å²) in [5.41, 5.74) is 5.23. The molecule has 1 amide bonds. The second-order valence-corrected chi connectivity index (χ2v) is 5.60. The number of hydrogen-bond donors (Lipinski definition) is 2. The first-order valence-electron chi connectivity index (χ1n) is 7.42. The monoisotopic (exact) mass is 333 g/mol. The molecule has 1 heterocycles. The first kappa shape index (κ1) is 14.8. The van der Waals surface area contributed by atoms with Crippen LogP contribution in [0.1, 0.15) is 26.5 Å². The molecule has 7 nitrogen and oxygen atoms in total. The van der Waals surface area contributed by atoms with Crippen LogP contribution in [0.5, 0.6) is 0 Å². The van der Waals surface area contributed by atoms with E-state index in [4.69, 9.17) is 5.73 Å². The van der Waals surface area contributed by atoms with E-state index in [9.17, 15) is 19.2 Å². The molecule has 0 saturated carbocycles. The first-order chi connectivity index (χ1) is 12.0. The number of allylic oxidation sites excluding steroid dienone is 1. The van der Waals surface area contributed by atoms with Crippen LogP contribution >= 0.6 is 0 Å². The average molecular weight is 333 g/mol. The Morgan fingerprint density at radius 2 is 1.76 bits per heavy atom. The van der Waals surface area contributed by atoms with Crippen molar-refractivity contribution in [2.24, 2.45) is 5.73 Å². The first-order valence-corrected chi connectivity index (χ1v) is 7.42. The molecule has 0 radical (unpaired) electrons. The number of carbonyl (C=O) groups is 3. The largest absolute Gasteiger partial charge is 0.366 e. The lowest BCUT2D eigenvalue weighted by Crippen LogP contribution is -2.26. The summed E-state index contributed by atoms with van der Waals surface area (Å²) in [6.45, 7) is 0. The zero-order chi connectivity index (χ0) is 17.7. The highest BCUT2D eigenvalue weighted by Gasteiger charge is 2.30. The van der Waals surface area contributed by atoms with Crippen molar-refractivity contribution in [2.45, 2.75) is 0 Å². The minimum Gasteiger partial charge on any atom is -0.366 e. The van der Waals surface area contributed by atoms with Crippen LogP contribution in [0.3, 0.4) is 0 Å². The van der Waals surface area contributed by atoms with E-state index in [1.54, 1.807) is 24.3 Å². The van der Waals surface area contributed by atoms with Crippen molar-refractivity contribution in [1.82, 2.24) is 9.55 Å². The smallest absolute Gasteiger partial charge is 0.331 e. The van der Waals surface area contributed by atoms with Gasteiger partial charge in [-0.05, 0) is 23.6 Å². The molecule has 0 saturated heterocycles.